The molecule has 0 aliphatic carbocycles. The topological polar surface area (TPSA) is 36.1 Å². The summed E-state index contributed by atoms with van der Waals surface area (Å²) in [5.41, 5.74) is 2.89. The zero-order chi connectivity index (χ0) is 12.7. The van der Waals surface area contributed by atoms with E-state index in [9.17, 15) is 4.79 Å². The smallest absolute Gasteiger partial charge is 0.270 e. The van der Waals surface area contributed by atoms with Crippen molar-refractivity contribution in [3.05, 3.63) is 33.9 Å². The maximum atomic E-state index is 12.3. The van der Waals surface area contributed by atoms with E-state index in [-0.39, 0.29) is 5.91 Å². The van der Waals surface area contributed by atoms with Gasteiger partial charge in [-0.15, -0.1) is 0 Å². The van der Waals surface area contributed by atoms with Crippen molar-refractivity contribution < 1.29 is 4.79 Å². The third-order valence-corrected chi connectivity index (χ3v) is 4.38. The monoisotopic (exact) mass is 306 g/mol. The normalized spacial score (nSPS) is 15.6. The van der Waals surface area contributed by atoms with Gasteiger partial charge in [-0.3, -0.25) is 4.79 Å². The molecule has 18 heavy (non-hydrogen) atoms. The van der Waals surface area contributed by atoms with Crippen LogP contribution in [0.25, 0.3) is 10.9 Å². The molecule has 3 rings (SSSR count). The molecule has 0 spiro atoms. The molecule has 0 atom stereocenters. The van der Waals surface area contributed by atoms with Gasteiger partial charge in [-0.1, -0.05) is 15.9 Å². The van der Waals surface area contributed by atoms with Crippen LogP contribution < -0.4 is 0 Å². The Hall–Kier alpha value is -1.29. The van der Waals surface area contributed by atoms with Crippen molar-refractivity contribution in [2.24, 2.45) is 0 Å². The van der Waals surface area contributed by atoms with Gasteiger partial charge in [0.2, 0.25) is 0 Å². The predicted octanol–water partition coefficient (Wildman–Crippen LogP) is 3.47. The minimum atomic E-state index is 0.123. The van der Waals surface area contributed by atoms with Crippen molar-refractivity contribution in [2.45, 2.75) is 19.8 Å². The number of H-pyrrole nitrogens is 1. The number of hydrogen-bond acceptors (Lipinski definition) is 1. The molecular weight excluding hydrogens is 292 g/mol. The number of amides is 1. The molecule has 4 heteroatoms. The molecule has 1 aromatic carbocycles. The Morgan fingerprint density at radius 1 is 1.28 bits per heavy atom. The van der Waals surface area contributed by atoms with Gasteiger partial charge in [0.25, 0.3) is 5.91 Å². The highest BCUT2D eigenvalue weighted by Crippen LogP contribution is 2.25. The Labute approximate surface area is 114 Å². The largest absolute Gasteiger partial charge is 0.350 e. The van der Waals surface area contributed by atoms with Gasteiger partial charge < -0.3 is 9.88 Å². The molecule has 1 aliphatic rings. The Balaban J connectivity index is 2.00. The summed E-state index contributed by atoms with van der Waals surface area (Å²) in [6.45, 7) is 3.83. The first-order valence-corrected chi connectivity index (χ1v) is 7.02. The van der Waals surface area contributed by atoms with Crippen LogP contribution in [0.5, 0.6) is 0 Å². The highest BCUT2D eigenvalue weighted by Gasteiger charge is 2.20. The number of likely N-dealkylation sites (tertiary alicyclic amines) is 1. The van der Waals surface area contributed by atoms with E-state index in [4.69, 9.17) is 0 Å². The fourth-order valence-corrected chi connectivity index (χ4v) is 2.82. The summed E-state index contributed by atoms with van der Waals surface area (Å²) >= 11 is 3.51. The van der Waals surface area contributed by atoms with Gasteiger partial charge in [0.05, 0.1) is 0 Å². The zero-order valence-corrected chi connectivity index (χ0v) is 11.9. The van der Waals surface area contributed by atoms with E-state index in [0.29, 0.717) is 5.69 Å². The van der Waals surface area contributed by atoms with Crippen LogP contribution in [0.2, 0.25) is 0 Å². The van der Waals surface area contributed by atoms with E-state index in [1.165, 1.54) is 5.56 Å². The van der Waals surface area contributed by atoms with E-state index < -0.39 is 0 Å². The lowest BCUT2D eigenvalue weighted by atomic mass is 10.2. The number of benzene rings is 1. The molecule has 1 fully saturated rings. The van der Waals surface area contributed by atoms with Crippen LogP contribution in [0.1, 0.15) is 28.9 Å². The summed E-state index contributed by atoms with van der Waals surface area (Å²) in [6.07, 6.45) is 2.24. The molecule has 0 unspecified atom stereocenters. The summed E-state index contributed by atoms with van der Waals surface area (Å²) in [5, 5.41) is 1.10. The average molecular weight is 307 g/mol. The van der Waals surface area contributed by atoms with E-state index in [1.54, 1.807) is 0 Å². The lowest BCUT2D eigenvalue weighted by Gasteiger charge is -2.13. The number of hydrogen-bond donors (Lipinski definition) is 1. The molecule has 1 saturated heterocycles. The van der Waals surface area contributed by atoms with Gasteiger partial charge in [-0.2, -0.15) is 0 Å². The van der Waals surface area contributed by atoms with Crippen LogP contribution in [0, 0.1) is 6.92 Å². The standard InChI is InChI=1S/C14H15BrN2O/c1-9-6-10-7-13(16-12(10)8-11(9)15)14(18)17-4-2-3-5-17/h6-8,16H,2-5H2,1H3. The van der Waals surface area contributed by atoms with E-state index >= 15 is 0 Å². The lowest BCUT2D eigenvalue weighted by Crippen LogP contribution is -2.27. The molecule has 0 saturated carbocycles. The van der Waals surface area contributed by atoms with Crippen LogP contribution in [0.4, 0.5) is 0 Å². The molecule has 3 nitrogen and oxygen atoms in total. The maximum absolute atomic E-state index is 12.3. The van der Waals surface area contributed by atoms with Crippen molar-refractivity contribution >= 4 is 32.7 Å². The molecular formula is C14H15BrN2O. The van der Waals surface area contributed by atoms with Crippen molar-refractivity contribution in [1.29, 1.82) is 0 Å². The molecule has 1 amide bonds. The number of rotatable bonds is 1. The Morgan fingerprint density at radius 3 is 2.72 bits per heavy atom. The van der Waals surface area contributed by atoms with Gasteiger partial charge in [-0.05, 0) is 43.5 Å². The van der Waals surface area contributed by atoms with Crippen LogP contribution in [0.3, 0.4) is 0 Å². The van der Waals surface area contributed by atoms with E-state index in [0.717, 1.165) is 41.3 Å². The summed E-state index contributed by atoms with van der Waals surface area (Å²) < 4.78 is 1.07. The second-order valence-corrected chi connectivity index (χ2v) is 5.73. The molecule has 1 aromatic heterocycles. The van der Waals surface area contributed by atoms with Gasteiger partial charge >= 0.3 is 0 Å². The highest BCUT2D eigenvalue weighted by molar-refractivity contribution is 9.10. The molecule has 1 aliphatic heterocycles. The number of aromatic amines is 1. The van der Waals surface area contributed by atoms with Crippen molar-refractivity contribution in [3.8, 4) is 0 Å². The van der Waals surface area contributed by atoms with E-state index in [1.807, 2.05) is 17.0 Å². The van der Waals surface area contributed by atoms with Crippen molar-refractivity contribution in [2.75, 3.05) is 13.1 Å². The van der Waals surface area contributed by atoms with Gasteiger partial charge in [-0.25, -0.2) is 0 Å². The fraction of sp³-hybridized carbons (Fsp3) is 0.357. The summed E-state index contributed by atoms with van der Waals surface area (Å²) in [6, 6.07) is 6.08. The first-order chi connectivity index (χ1) is 8.65. The first kappa shape index (κ1) is 11.8. The molecule has 0 bridgehead atoms. The maximum Gasteiger partial charge on any atom is 0.270 e. The quantitative estimate of drug-likeness (QED) is 0.860. The van der Waals surface area contributed by atoms with E-state index in [2.05, 4.69) is 33.9 Å². The summed E-state index contributed by atoms with van der Waals surface area (Å²) in [5.74, 6) is 0.123. The minimum Gasteiger partial charge on any atom is -0.350 e. The molecule has 2 aromatic rings. The number of carbonyl (C=O) groups is 1. The SMILES string of the molecule is Cc1cc2cc(C(=O)N3CCCC3)[nH]c2cc1Br. The molecule has 0 radical (unpaired) electrons. The Kier molecular flexibility index (Phi) is 2.90. The van der Waals surface area contributed by atoms with Crippen LogP contribution in [-0.4, -0.2) is 28.9 Å². The number of fused-ring (bicyclic) bond motifs is 1. The van der Waals surface area contributed by atoms with Gasteiger partial charge in [0, 0.05) is 28.5 Å². The lowest BCUT2D eigenvalue weighted by molar-refractivity contribution is 0.0788. The second-order valence-electron chi connectivity index (χ2n) is 4.87. The molecule has 94 valence electrons. The van der Waals surface area contributed by atoms with Crippen LogP contribution in [0.15, 0.2) is 22.7 Å². The van der Waals surface area contributed by atoms with Crippen LogP contribution in [-0.2, 0) is 0 Å². The van der Waals surface area contributed by atoms with Gasteiger partial charge in [0.15, 0.2) is 0 Å². The number of aromatic nitrogens is 1. The second kappa shape index (κ2) is 4.43. The van der Waals surface area contributed by atoms with Crippen molar-refractivity contribution in [1.82, 2.24) is 9.88 Å². The minimum absolute atomic E-state index is 0.123. The van der Waals surface area contributed by atoms with Gasteiger partial charge in [0.1, 0.15) is 5.69 Å². The highest BCUT2D eigenvalue weighted by atomic mass is 79.9. The van der Waals surface area contributed by atoms with Crippen LogP contribution >= 0.6 is 15.9 Å². The number of nitrogens with one attached hydrogen (secondary N) is 1. The third-order valence-electron chi connectivity index (χ3n) is 3.52. The molecule has 1 N–H and O–H groups in total. The van der Waals surface area contributed by atoms with Crippen molar-refractivity contribution in [3.63, 3.8) is 0 Å². The molecule has 2 heterocycles. The number of carbonyl (C=O) groups excluding carboxylic acids is 1. The summed E-state index contributed by atoms with van der Waals surface area (Å²) in [7, 11) is 0. The number of halogens is 1. The number of nitrogens with zero attached hydrogens (tertiary/aromatic N) is 1. The Morgan fingerprint density at radius 2 is 2.00 bits per heavy atom. The first-order valence-electron chi connectivity index (χ1n) is 6.23. The predicted molar refractivity (Wildman–Crippen MR) is 75.9 cm³/mol. The summed E-state index contributed by atoms with van der Waals surface area (Å²) in [4.78, 5) is 17.4. The fourth-order valence-electron chi connectivity index (χ4n) is 2.47. The zero-order valence-electron chi connectivity index (χ0n) is 10.3. The Bertz CT molecular complexity index is 573. The third kappa shape index (κ3) is 1.94. The number of aryl methyl sites for hydroxylation is 1. The average Bonchev–Trinajstić information content (AvgIpc) is 2.97.